The number of morpholine rings is 1. The SMILES string of the molecule is Cc1ccc([N+](=O)[O-])cc1N([C@H](C)C(=O)NCc1ccc(CN2CCOCC2)cc1)S(C)(=O)=O. The summed E-state index contributed by atoms with van der Waals surface area (Å²) in [5.41, 5.74) is 2.40. The number of nitrogens with one attached hydrogen (secondary N) is 1. The van der Waals surface area contributed by atoms with Crippen molar-refractivity contribution in [3.8, 4) is 0 Å². The molecule has 0 aliphatic carbocycles. The molecule has 0 aromatic heterocycles. The number of sulfonamides is 1. The normalized spacial score (nSPS) is 15.5. The summed E-state index contributed by atoms with van der Waals surface area (Å²) in [6.07, 6.45) is 0.974. The predicted octanol–water partition coefficient (Wildman–Crippen LogP) is 2.21. The molecule has 0 unspecified atom stereocenters. The van der Waals surface area contributed by atoms with Crippen molar-refractivity contribution >= 4 is 27.3 Å². The zero-order valence-electron chi connectivity index (χ0n) is 19.6. The van der Waals surface area contributed by atoms with E-state index >= 15 is 0 Å². The van der Waals surface area contributed by atoms with E-state index in [1.165, 1.54) is 25.1 Å². The number of anilines is 1. The van der Waals surface area contributed by atoms with Gasteiger partial charge in [-0.2, -0.15) is 0 Å². The van der Waals surface area contributed by atoms with E-state index in [9.17, 15) is 23.3 Å². The minimum absolute atomic E-state index is 0.104. The molecule has 1 fully saturated rings. The van der Waals surface area contributed by atoms with Gasteiger partial charge < -0.3 is 10.1 Å². The number of nitrogens with zero attached hydrogens (tertiary/aromatic N) is 3. The van der Waals surface area contributed by atoms with Crippen molar-refractivity contribution in [2.45, 2.75) is 33.0 Å². The van der Waals surface area contributed by atoms with Crippen LogP contribution in [-0.4, -0.2) is 62.7 Å². The van der Waals surface area contributed by atoms with Gasteiger partial charge in [-0.15, -0.1) is 0 Å². The number of carbonyl (C=O) groups excluding carboxylic acids is 1. The van der Waals surface area contributed by atoms with E-state index in [1.54, 1.807) is 6.92 Å². The minimum atomic E-state index is -3.89. The first kappa shape index (κ1) is 25.6. The lowest BCUT2D eigenvalue weighted by atomic mass is 10.1. The molecule has 1 heterocycles. The van der Waals surface area contributed by atoms with Gasteiger partial charge in [0.1, 0.15) is 6.04 Å². The zero-order valence-corrected chi connectivity index (χ0v) is 20.4. The van der Waals surface area contributed by atoms with Crippen molar-refractivity contribution in [3.63, 3.8) is 0 Å². The first-order valence-electron chi connectivity index (χ1n) is 11.0. The van der Waals surface area contributed by atoms with E-state index in [0.29, 0.717) is 5.56 Å². The number of ether oxygens (including phenoxy) is 1. The smallest absolute Gasteiger partial charge is 0.271 e. The largest absolute Gasteiger partial charge is 0.379 e. The molecular formula is C23H30N4O6S. The van der Waals surface area contributed by atoms with Crippen molar-refractivity contribution in [2.75, 3.05) is 36.9 Å². The second-order valence-corrected chi connectivity index (χ2v) is 10.2. The Kier molecular flexibility index (Phi) is 8.24. The minimum Gasteiger partial charge on any atom is -0.379 e. The van der Waals surface area contributed by atoms with Crippen LogP contribution in [0.25, 0.3) is 0 Å². The monoisotopic (exact) mass is 490 g/mol. The van der Waals surface area contributed by atoms with Gasteiger partial charge >= 0.3 is 0 Å². The van der Waals surface area contributed by atoms with Crippen LogP contribution in [0.4, 0.5) is 11.4 Å². The molecule has 1 saturated heterocycles. The van der Waals surface area contributed by atoms with Gasteiger partial charge in [0, 0.05) is 38.3 Å². The maximum Gasteiger partial charge on any atom is 0.271 e. The summed E-state index contributed by atoms with van der Waals surface area (Å²) in [5, 5.41) is 14.0. The van der Waals surface area contributed by atoms with Gasteiger partial charge in [-0.3, -0.25) is 24.1 Å². The lowest BCUT2D eigenvalue weighted by Crippen LogP contribution is -2.48. The number of carbonyl (C=O) groups is 1. The Morgan fingerprint density at radius 3 is 2.38 bits per heavy atom. The van der Waals surface area contributed by atoms with E-state index in [4.69, 9.17) is 4.74 Å². The molecule has 0 saturated carbocycles. The summed E-state index contributed by atoms with van der Waals surface area (Å²) >= 11 is 0. The summed E-state index contributed by atoms with van der Waals surface area (Å²) in [7, 11) is -3.89. The van der Waals surface area contributed by atoms with E-state index in [0.717, 1.165) is 54.5 Å². The fourth-order valence-electron chi connectivity index (χ4n) is 3.85. The van der Waals surface area contributed by atoms with Gasteiger partial charge in [-0.25, -0.2) is 8.42 Å². The molecule has 0 spiro atoms. The highest BCUT2D eigenvalue weighted by Crippen LogP contribution is 2.29. The van der Waals surface area contributed by atoms with Gasteiger partial charge in [-0.1, -0.05) is 30.3 Å². The molecule has 1 amide bonds. The fraction of sp³-hybridized carbons (Fsp3) is 0.435. The molecule has 2 aromatic carbocycles. The highest BCUT2D eigenvalue weighted by atomic mass is 32.2. The summed E-state index contributed by atoms with van der Waals surface area (Å²) < 4.78 is 31.4. The Morgan fingerprint density at radius 2 is 1.79 bits per heavy atom. The topological polar surface area (TPSA) is 122 Å². The van der Waals surface area contributed by atoms with E-state index in [1.807, 2.05) is 24.3 Å². The molecule has 2 aromatic rings. The van der Waals surface area contributed by atoms with Gasteiger partial charge in [0.25, 0.3) is 5.69 Å². The van der Waals surface area contributed by atoms with Crippen LogP contribution in [0.3, 0.4) is 0 Å². The van der Waals surface area contributed by atoms with Crippen LogP contribution in [0.2, 0.25) is 0 Å². The number of nitro groups is 1. The Labute approximate surface area is 199 Å². The summed E-state index contributed by atoms with van der Waals surface area (Å²) in [6, 6.07) is 10.7. The Hall–Kier alpha value is -3.02. The van der Waals surface area contributed by atoms with Crippen LogP contribution >= 0.6 is 0 Å². The van der Waals surface area contributed by atoms with Crippen molar-refractivity contribution < 1.29 is 22.9 Å². The molecule has 1 N–H and O–H groups in total. The summed E-state index contributed by atoms with van der Waals surface area (Å²) in [5.74, 6) is -0.506. The molecule has 1 aliphatic rings. The van der Waals surface area contributed by atoms with Crippen LogP contribution in [-0.2, 0) is 32.6 Å². The van der Waals surface area contributed by atoms with Crippen LogP contribution < -0.4 is 9.62 Å². The Balaban J connectivity index is 1.68. The van der Waals surface area contributed by atoms with Gasteiger partial charge in [0.2, 0.25) is 15.9 Å². The van der Waals surface area contributed by atoms with E-state index < -0.39 is 26.9 Å². The van der Waals surface area contributed by atoms with Crippen molar-refractivity contribution in [2.24, 2.45) is 0 Å². The number of rotatable bonds is 9. The first-order valence-corrected chi connectivity index (χ1v) is 12.8. The van der Waals surface area contributed by atoms with E-state index in [-0.39, 0.29) is 17.9 Å². The number of aryl methyl sites for hydroxylation is 1. The number of non-ortho nitro benzene ring substituents is 1. The van der Waals surface area contributed by atoms with Gasteiger partial charge in [-0.05, 0) is 30.5 Å². The second kappa shape index (κ2) is 10.9. The number of benzene rings is 2. The molecule has 11 heteroatoms. The highest BCUT2D eigenvalue weighted by molar-refractivity contribution is 7.92. The summed E-state index contributed by atoms with van der Waals surface area (Å²) in [6.45, 7) is 7.43. The quantitative estimate of drug-likeness (QED) is 0.422. The molecule has 1 atom stereocenters. The standard InChI is InChI=1S/C23H30N4O6S/c1-17-4-9-21(27(29)30)14-22(17)26(34(3,31)32)18(2)23(28)24-15-19-5-7-20(8-6-19)16-25-10-12-33-13-11-25/h4-9,14,18H,10-13,15-16H2,1-3H3,(H,24,28)/t18-/m1/s1. The van der Waals surface area contributed by atoms with Crippen molar-refractivity contribution in [3.05, 3.63) is 69.3 Å². The molecule has 1 aliphatic heterocycles. The average Bonchev–Trinajstić information content (AvgIpc) is 2.79. The number of hydrogen-bond donors (Lipinski definition) is 1. The van der Waals surface area contributed by atoms with Gasteiger partial charge in [0.15, 0.2) is 0 Å². The Morgan fingerprint density at radius 1 is 1.18 bits per heavy atom. The Bertz CT molecular complexity index is 1130. The third-order valence-electron chi connectivity index (χ3n) is 5.73. The lowest BCUT2D eigenvalue weighted by Gasteiger charge is -2.29. The highest BCUT2D eigenvalue weighted by Gasteiger charge is 2.31. The van der Waals surface area contributed by atoms with Crippen molar-refractivity contribution in [1.82, 2.24) is 10.2 Å². The number of amides is 1. The third-order valence-corrected chi connectivity index (χ3v) is 6.96. The average molecular weight is 491 g/mol. The molecule has 3 rings (SSSR count). The van der Waals surface area contributed by atoms with Crippen LogP contribution in [0, 0.1) is 17.0 Å². The van der Waals surface area contributed by atoms with Crippen molar-refractivity contribution in [1.29, 1.82) is 0 Å². The van der Waals surface area contributed by atoms with Crippen LogP contribution in [0.5, 0.6) is 0 Å². The third kappa shape index (κ3) is 6.52. The fourth-order valence-corrected chi connectivity index (χ4v) is 5.07. The molecular weight excluding hydrogens is 460 g/mol. The van der Waals surface area contributed by atoms with Crippen LogP contribution in [0.1, 0.15) is 23.6 Å². The predicted molar refractivity (Wildman–Crippen MR) is 129 cm³/mol. The molecule has 34 heavy (non-hydrogen) atoms. The summed E-state index contributed by atoms with van der Waals surface area (Å²) in [4.78, 5) is 25.8. The second-order valence-electron chi connectivity index (χ2n) is 8.39. The lowest BCUT2D eigenvalue weighted by molar-refractivity contribution is -0.384. The van der Waals surface area contributed by atoms with Gasteiger partial charge in [0.05, 0.1) is 30.1 Å². The molecule has 184 valence electrons. The maximum absolute atomic E-state index is 12.9. The van der Waals surface area contributed by atoms with Crippen LogP contribution in [0.15, 0.2) is 42.5 Å². The number of nitro benzene ring substituents is 1. The molecule has 0 radical (unpaired) electrons. The molecule has 10 nitrogen and oxygen atoms in total. The van der Waals surface area contributed by atoms with E-state index in [2.05, 4.69) is 10.2 Å². The number of hydrogen-bond acceptors (Lipinski definition) is 7. The zero-order chi connectivity index (χ0) is 24.9. The molecule has 0 bridgehead atoms. The maximum atomic E-state index is 12.9. The first-order chi connectivity index (χ1) is 16.1.